The fraction of sp³-hybridized carbons (Fsp3) is 0.0588. The molecule has 1 heterocycles. The molecule has 0 aliphatic heterocycles. The lowest BCUT2D eigenvalue weighted by Gasteiger charge is -2.04. The van der Waals surface area contributed by atoms with E-state index in [0.29, 0.717) is 5.15 Å². The smallest absolute Gasteiger partial charge is 0.138 e. The fourth-order valence-corrected chi connectivity index (χ4v) is 2.21. The number of rotatable bonds is 3. The molecule has 0 fully saturated rings. The summed E-state index contributed by atoms with van der Waals surface area (Å²) in [5, 5.41) is 1.42. The number of hydrogen-bond acceptors (Lipinski definition) is 3. The third-order valence-electron chi connectivity index (χ3n) is 3.11. The second kappa shape index (κ2) is 5.94. The maximum absolute atomic E-state index is 6.22. The summed E-state index contributed by atoms with van der Waals surface area (Å²) in [7, 11) is 1.63. The SMILES string of the molecule is COc1ccc2cc(C=Nc3ccccc3)c(Cl)nc2c1. The van der Waals surface area contributed by atoms with Crippen molar-refractivity contribution < 1.29 is 4.74 Å². The molecule has 0 amide bonds. The van der Waals surface area contributed by atoms with Crippen molar-refractivity contribution in [1.29, 1.82) is 0 Å². The van der Waals surface area contributed by atoms with Crippen molar-refractivity contribution in [2.45, 2.75) is 0 Å². The van der Waals surface area contributed by atoms with Crippen LogP contribution in [0.5, 0.6) is 5.75 Å². The lowest BCUT2D eigenvalue weighted by molar-refractivity contribution is 0.415. The number of pyridine rings is 1. The van der Waals surface area contributed by atoms with E-state index in [2.05, 4.69) is 9.98 Å². The van der Waals surface area contributed by atoms with Gasteiger partial charge in [-0.25, -0.2) is 4.98 Å². The summed E-state index contributed by atoms with van der Waals surface area (Å²) in [6, 6.07) is 17.4. The van der Waals surface area contributed by atoms with E-state index in [1.165, 1.54) is 0 Å². The van der Waals surface area contributed by atoms with E-state index in [1.54, 1.807) is 13.3 Å². The van der Waals surface area contributed by atoms with Gasteiger partial charge in [0.2, 0.25) is 0 Å². The van der Waals surface area contributed by atoms with Gasteiger partial charge in [-0.05, 0) is 30.3 Å². The third-order valence-corrected chi connectivity index (χ3v) is 3.42. The molecule has 3 rings (SSSR count). The second-order valence-electron chi connectivity index (χ2n) is 4.52. The minimum Gasteiger partial charge on any atom is -0.497 e. The number of fused-ring (bicyclic) bond motifs is 1. The highest BCUT2D eigenvalue weighted by atomic mass is 35.5. The Bertz CT molecular complexity index is 800. The Kier molecular flexibility index (Phi) is 3.84. The van der Waals surface area contributed by atoms with Crippen LogP contribution in [-0.4, -0.2) is 18.3 Å². The molecule has 104 valence electrons. The van der Waals surface area contributed by atoms with Crippen LogP contribution in [0.3, 0.4) is 0 Å². The van der Waals surface area contributed by atoms with Crippen LogP contribution >= 0.6 is 11.6 Å². The summed E-state index contributed by atoms with van der Waals surface area (Å²) in [6.45, 7) is 0. The Hall–Kier alpha value is -2.39. The van der Waals surface area contributed by atoms with Gasteiger partial charge in [0.05, 0.1) is 18.3 Å². The Labute approximate surface area is 127 Å². The first-order chi connectivity index (χ1) is 10.3. The minimum atomic E-state index is 0.426. The molecule has 0 aliphatic rings. The highest BCUT2D eigenvalue weighted by Gasteiger charge is 2.04. The van der Waals surface area contributed by atoms with E-state index in [0.717, 1.165) is 27.9 Å². The molecular weight excluding hydrogens is 284 g/mol. The zero-order valence-electron chi connectivity index (χ0n) is 11.5. The lowest BCUT2D eigenvalue weighted by Crippen LogP contribution is -1.90. The van der Waals surface area contributed by atoms with Gasteiger partial charge in [0.25, 0.3) is 0 Å². The number of aliphatic imine (C=N–C) groups is 1. The Morgan fingerprint density at radius 1 is 1.10 bits per heavy atom. The first-order valence-electron chi connectivity index (χ1n) is 6.50. The van der Waals surface area contributed by atoms with Gasteiger partial charge in [-0.1, -0.05) is 29.8 Å². The zero-order valence-corrected chi connectivity index (χ0v) is 12.2. The molecule has 3 aromatic rings. The normalized spacial score (nSPS) is 11.1. The monoisotopic (exact) mass is 296 g/mol. The molecule has 0 radical (unpaired) electrons. The number of para-hydroxylation sites is 1. The van der Waals surface area contributed by atoms with Crippen LogP contribution < -0.4 is 4.74 Å². The highest BCUT2D eigenvalue weighted by molar-refractivity contribution is 6.32. The second-order valence-corrected chi connectivity index (χ2v) is 4.88. The van der Waals surface area contributed by atoms with Crippen LogP contribution in [0.15, 0.2) is 59.6 Å². The molecule has 0 saturated heterocycles. The third kappa shape index (κ3) is 3.03. The molecule has 0 saturated carbocycles. The van der Waals surface area contributed by atoms with Gasteiger partial charge < -0.3 is 4.74 Å². The summed E-state index contributed by atoms with van der Waals surface area (Å²) >= 11 is 6.22. The molecule has 1 aromatic heterocycles. The van der Waals surface area contributed by atoms with Gasteiger partial charge in [-0.15, -0.1) is 0 Å². The van der Waals surface area contributed by atoms with E-state index in [1.807, 2.05) is 54.6 Å². The molecule has 2 aromatic carbocycles. The molecule has 0 atom stereocenters. The van der Waals surface area contributed by atoms with E-state index >= 15 is 0 Å². The molecular formula is C17H13ClN2O. The summed E-state index contributed by atoms with van der Waals surface area (Å²) in [5.41, 5.74) is 2.47. The quantitative estimate of drug-likeness (QED) is 0.521. The average Bonchev–Trinajstić information content (AvgIpc) is 2.53. The topological polar surface area (TPSA) is 34.5 Å². The molecule has 0 spiro atoms. The molecule has 0 aliphatic carbocycles. The van der Waals surface area contributed by atoms with Gasteiger partial charge >= 0.3 is 0 Å². The zero-order chi connectivity index (χ0) is 14.7. The van der Waals surface area contributed by atoms with E-state index in [4.69, 9.17) is 16.3 Å². The van der Waals surface area contributed by atoms with Gasteiger partial charge in [0, 0.05) is 23.2 Å². The fourth-order valence-electron chi connectivity index (χ4n) is 2.02. The van der Waals surface area contributed by atoms with Gasteiger partial charge in [0.1, 0.15) is 10.9 Å². The molecule has 3 nitrogen and oxygen atoms in total. The van der Waals surface area contributed by atoms with Crippen molar-refractivity contribution in [1.82, 2.24) is 4.98 Å². The predicted molar refractivity (Wildman–Crippen MR) is 87.0 cm³/mol. The number of hydrogen-bond donors (Lipinski definition) is 0. The molecule has 0 unspecified atom stereocenters. The summed E-state index contributed by atoms with van der Waals surface area (Å²) in [4.78, 5) is 8.79. The number of benzene rings is 2. The van der Waals surface area contributed by atoms with Gasteiger partial charge in [0.15, 0.2) is 0 Å². The first-order valence-corrected chi connectivity index (χ1v) is 6.87. The standard InChI is InChI=1S/C17H13ClN2O/c1-21-15-8-7-12-9-13(17(18)20-16(12)10-15)11-19-14-5-3-2-4-6-14/h2-11H,1H3. The van der Waals surface area contributed by atoms with Crippen molar-refractivity contribution in [3.63, 3.8) is 0 Å². The predicted octanol–water partition coefficient (Wildman–Crippen LogP) is 4.65. The average molecular weight is 297 g/mol. The first kappa shape index (κ1) is 13.6. The molecule has 21 heavy (non-hydrogen) atoms. The van der Waals surface area contributed by atoms with Crippen molar-refractivity contribution in [3.05, 3.63) is 65.3 Å². The number of methoxy groups -OCH3 is 1. The van der Waals surface area contributed by atoms with Crippen LogP contribution in [-0.2, 0) is 0 Å². The summed E-state index contributed by atoms with van der Waals surface area (Å²) < 4.78 is 5.19. The van der Waals surface area contributed by atoms with Crippen LogP contribution in [0.1, 0.15) is 5.56 Å². The van der Waals surface area contributed by atoms with Crippen molar-refractivity contribution in [3.8, 4) is 5.75 Å². The van der Waals surface area contributed by atoms with Crippen LogP contribution in [0.2, 0.25) is 5.15 Å². The Morgan fingerprint density at radius 3 is 2.67 bits per heavy atom. The molecule has 0 bridgehead atoms. The van der Waals surface area contributed by atoms with Crippen molar-refractivity contribution in [2.24, 2.45) is 4.99 Å². The van der Waals surface area contributed by atoms with E-state index in [9.17, 15) is 0 Å². The maximum Gasteiger partial charge on any atom is 0.138 e. The number of ether oxygens (including phenoxy) is 1. The largest absolute Gasteiger partial charge is 0.497 e. The Morgan fingerprint density at radius 2 is 1.90 bits per heavy atom. The molecule has 4 heteroatoms. The van der Waals surface area contributed by atoms with Crippen molar-refractivity contribution in [2.75, 3.05) is 7.11 Å². The van der Waals surface area contributed by atoms with Gasteiger partial charge in [-0.3, -0.25) is 4.99 Å². The molecule has 0 N–H and O–H groups in total. The lowest BCUT2D eigenvalue weighted by atomic mass is 10.1. The van der Waals surface area contributed by atoms with E-state index in [-0.39, 0.29) is 0 Å². The van der Waals surface area contributed by atoms with Crippen molar-refractivity contribution >= 4 is 34.4 Å². The number of nitrogens with zero attached hydrogens (tertiary/aromatic N) is 2. The summed E-state index contributed by atoms with van der Waals surface area (Å²) in [6.07, 6.45) is 1.73. The van der Waals surface area contributed by atoms with Crippen LogP contribution in [0.4, 0.5) is 5.69 Å². The maximum atomic E-state index is 6.22. The van der Waals surface area contributed by atoms with Crippen LogP contribution in [0.25, 0.3) is 10.9 Å². The highest BCUT2D eigenvalue weighted by Crippen LogP contribution is 2.23. The minimum absolute atomic E-state index is 0.426. The number of aromatic nitrogens is 1. The number of halogens is 1. The Balaban J connectivity index is 1.99. The summed E-state index contributed by atoms with van der Waals surface area (Å²) in [5.74, 6) is 0.761. The van der Waals surface area contributed by atoms with Crippen LogP contribution in [0, 0.1) is 0 Å². The van der Waals surface area contributed by atoms with Gasteiger partial charge in [-0.2, -0.15) is 0 Å². The van der Waals surface area contributed by atoms with E-state index < -0.39 is 0 Å².